The summed E-state index contributed by atoms with van der Waals surface area (Å²) in [6.07, 6.45) is 1.78. The molecule has 0 saturated heterocycles. The minimum atomic E-state index is 0.844. The largest absolute Gasteiger partial charge is 0.227 e. The zero-order valence-corrected chi connectivity index (χ0v) is 10.1. The van der Waals surface area contributed by atoms with Gasteiger partial charge in [-0.1, -0.05) is 29.5 Å². The maximum atomic E-state index is 4.69. The predicted octanol–water partition coefficient (Wildman–Crippen LogP) is 3.01. The van der Waals surface area contributed by atoms with E-state index in [4.69, 9.17) is 0 Å². The van der Waals surface area contributed by atoms with Crippen LogP contribution >= 0.6 is 11.3 Å². The van der Waals surface area contributed by atoms with Gasteiger partial charge < -0.3 is 0 Å². The van der Waals surface area contributed by atoms with Crippen molar-refractivity contribution in [1.82, 2.24) is 19.8 Å². The van der Waals surface area contributed by atoms with Gasteiger partial charge in [0.25, 0.3) is 0 Å². The molecule has 1 aromatic carbocycles. The van der Waals surface area contributed by atoms with Crippen LogP contribution in [0, 0.1) is 0 Å². The maximum absolute atomic E-state index is 4.69. The Morgan fingerprint density at radius 2 is 2.00 bits per heavy atom. The summed E-state index contributed by atoms with van der Waals surface area (Å²) in [4.78, 5) is 5.78. The highest BCUT2D eigenvalue weighted by molar-refractivity contribution is 7.13. The average Bonchev–Trinajstić information content (AvgIpc) is 3.09. The standard InChI is InChI=1S/C13H8N4S/c1-2-5-10-9(4-1)11-8-14-16-17(11)13(15-10)12-6-3-7-18-12/h1-8H. The first-order chi connectivity index (χ1) is 8.93. The SMILES string of the molecule is c1csc(-c2nc3ccccc3c3cnnn23)c1. The Bertz CT molecular complexity index is 833. The van der Waals surface area contributed by atoms with Gasteiger partial charge in [0.05, 0.1) is 22.1 Å². The molecule has 0 amide bonds. The van der Waals surface area contributed by atoms with E-state index in [-0.39, 0.29) is 0 Å². The number of hydrogen-bond acceptors (Lipinski definition) is 4. The first-order valence-electron chi connectivity index (χ1n) is 5.56. The van der Waals surface area contributed by atoms with Crippen molar-refractivity contribution in [3.8, 4) is 10.7 Å². The fraction of sp³-hybridized carbons (Fsp3) is 0. The molecule has 3 heterocycles. The zero-order chi connectivity index (χ0) is 11.9. The van der Waals surface area contributed by atoms with Crippen molar-refractivity contribution in [3.63, 3.8) is 0 Å². The Labute approximate surface area is 107 Å². The van der Waals surface area contributed by atoms with Crippen molar-refractivity contribution in [2.75, 3.05) is 0 Å². The van der Waals surface area contributed by atoms with E-state index in [9.17, 15) is 0 Å². The third-order valence-corrected chi connectivity index (χ3v) is 3.76. The van der Waals surface area contributed by atoms with Crippen LogP contribution in [0.25, 0.3) is 27.1 Å². The summed E-state index contributed by atoms with van der Waals surface area (Å²) in [5.41, 5.74) is 1.96. The van der Waals surface area contributed by atoms with Crippen LogP contribution in [0.2, 0.25) is 0 Å². The first kappa shape index (κ1) is 9.73. The van der Waals surface area contributed by atoms with Gasteiger partial charge in [0.15, 0.2) is 5.82 Å². The maximum Gasteiger partial charge on any atom is 0.173 e. The predicted molar refractivity (Wildman–Crippen MR) is 71.6 cm³/mol. The molecule has 0 saturated carbocycles. The van der Waals surface area contributed by atoms with E-state index in [0.717, 1.165) is 27.1 Å². The molecule has 0 aliphatic rings. The third-order valence-electron chi connectivity index (χ3n) is 2.90. The minimum Gasteiger partial charge on any atom is -0.227 e. The van der Waals surface area contributed by atoms with E-state index in [1.807, 2.05) is 41.8 Å². The molecule has 0 aliphatic carbocycles. The summed E-state index contributed by atoms with van der Waals surface area (Å²) in [6.45, 7) is 0. The second-order valence-corrected chi connectivity index (χ2v) is 4.91. The highest BCUT2D eigenvalue weighted by Crippen LogP contribution is 2.27. The molecule has 18 heavy (non-hydrogen) atoms. The lowest BCUT2D eigenvalue weighted by Crippen LogP contribution is -1.97. The Hall–Kier alpha value is -2.27. The molecule has 0 spiro atoms. The van der Waals surface area contributed by atoms with Gasteiger partial charge in [-0.3, -0.25) is 0 Å². The van der Waals surface area contributed by atoms with Crippen molar-refractivity contribution in [3.05, 3.63) is 48.0 Å². The number of aromatic nitrogens is 4. The quantitative estimate of drug-likeness (QED) is 0.523. The number of hydrogen-bond donors (Lipinski definition) is 0. The van der Waals surface area contributed by atoms with Gasteiger partial charge in [-0.05, 0) is 17.5 Å². The first-order valence-corrected chi connectivity index (χ1v) is 6.44. The molecular formula is C13H8N4S. The lowest BCUT2D eigenvalue weighted by atomic mass is 10.2. The Kier molecular flexibility index (Phi) is 1.95. The molecule has 5 heteroatoms. The molecule has 0 bridgehead atoms. The molecule has 0 atom stereocenters. The number of benzene rings is 1. The van der Waals surface area contributed by atoms with E-state index in [0.29, 0.717) is 0 Å². The summed E-state index contributed by atoms with van der Waals surface area (Å²) in [6, 6.07) is 12.1. The normalized spacial score (nSPS) is 11.3. The highest BCUT2D eigenvalue weighted by atomic mass is 32.1. The van der Waals surface area contributed by atoms with Gasteiger partial charge >= 0.3 is 0 Å². The number of fused-ring (bicyclic) bond motifs is 3. The molecule has 4 nitrogen and oxygen atoms in total. The van der Waals surface area contributed by atoms with Crippen molar-refractivity contribution in [1.29, 1.82) is 0 Å². The lowest BCUT2D eigenvalue weighted by molar-refractivity contribution is 0.851. The Morgan fingerprint density at radius 3 is 2.89 bits per heavy atom. The number of nitrogens with zero attached hydrogens (tertiary/aromatic N) is 4. The number of para-hydroxylation sites is 1. The van der Waals surface area contributed by atoms with Crippen LogP contribution in [0.5, 0.6) is 0 Å². The summed E-state index contributed by atoms with van der Waals surface area (Å²) >= 11 is 1.65. The molecule has 0 N–H and O–H groups in total. The highest BCUT2D eigenvalue weighted by Gasteiger charge is 2.11. The number of rotatable bonds is 1. The molecule has 4 aromatic rings. The van der Waals surface area contributed by atoms with Gasteiger partial charge in [-0.25, -0.2) is 4.98 Å². The lowest BCUT2D eigenvalue weighted by Gasteiger charge is -2.04. The van der Waals surface area contributed by atoms with Crippen LogP contribution < -0.4 is 0 Å². The summed E-state index contributed by atoms with van der Waals surface area (Å²) in [5, 5.41) is 11.2. The van der Waals surface area contributed by atoms with Crippen LogP contribution in [0.4, 0.5) is 0 Å². The summed E-state index contributed by atoms with van der Waals surface area (Å²) in [7, 11) is 0. The van der Waals surface area contributed by atoms with E-state index in [1.54, 1.807) is 22.0 Å². The van der Waals surface area contributed by atoms with Gasteiger partial charge in [-0.2, -0.15) is 4.52 Å². The third kappa shape index (κ3) is 1.28. The fourth-order valence-electron chi connectivity index (χ4n) is 2.09. The van der Waals surface area contributed by atoms with Crippen molar-refractivity contribution in [2.45, 2.75) is 0 Å². The Balaban J connectivity index is 2.21. The van der Waals surface area contributed by atoms with Crippen LogP contribution in [0.15, 0.2) is 48.0 Å². The van der Waals surface area contributed by atoms with E-state index < -0.39 is 0 Å². The van der Waals surface area contributed by atoms with Crippen LogP contribution in [0.1, 0.15) is 0 Å². The minimum absolute atomic E-state index is 0.844. The van der Waals surface area contributed by atoms with Crippen LogP contribution in [-0.4, -0.2) is 19.8 Å². The van der Waals surface area contributed by atoms with E-state index in [1.165, 1.54) is 0 Å². The fourth-order valence-corrected chi connectivity index (χ4v) is 2.79. The van der Waals surface area contributed by atoms with Gasteiger partial charge in [0, 0.05) is 5.39 Å². The molecule has 0 aliphatic heterocycles. The second kappa shape index (κ2) is 3.61. The summed E-state index contributed by atoms with van der Waals surface area (Å²) in [5.74, 6) is 0.844. The monoisotopic (exact) mass is 252 g/mol. The molecule has 0 radical (unpaired) electrons. The van der Waals surface area contributed by atoms with E-state index >= 15 is 0 Å². The molecule has 86 valence electrons. The topological polar surface area (TPSA) is 43.1 Å². The number of thiophene rings is 1. The van der Waals surface area contributed by atoms with Crippen LogP contribution in [-0.2, 0) is 0 Å². The zero-order valence-electron chi connectivity index (χ0n) is 9.32. The molecular weight excluding hydrogens is 244 g/mol. The van der Waals surface area contributed by atoms with E-state index in [2.05, 4.69) is 15.3 Å². The van der Waals surface area contributed by atoms with Crippen molar-refractivity contribution < 1.29 is 0 Å². The smallest absolute Gasteiger partial charge is 0.173 e. The molecule has 0 unspecified atom stereocenters. The van der Waals surface area contributed by atoms with Gasteiger partial charge in [0.2, 0.25) is 0 Å². The van der Waals surface area contributed by atoms with Crippen LogP contribution in [0.3, 0.4) is 0 Å². The average molecular weight is 252 g/mol. The van der Waals surface area contributed by atoms with Gasteiger partial charge in [-0.15, -0.1) is 16.4 Å². The second-order valence-electron chi connectivity index (χ2n) is 3.96. The molecule has 4 rings (SSSR count). The summed E-state index contributed by atoms with van der Waals surface area (Å²) < 4.78 is 1.80. The van der Waals surface area contributed by atoms with Crippen molar-refractivity contribution >= 4 is 27.8 Å². The van der Waals surface area contributed by atoms with Gasteiger partial charge in [0.1, 0.15) is 0 Å². The molecule has 0 fully saturated rings. The molecule has 3 aromatic heterocycles. The van der Waals surface area contributed by atoms with Crippen molar-refractivity contribution in [2.24, 2.45) is 0 Å². The Morgan fingerprint density at radius 1 is 1.06 bits per heavy atom.